The molecule has 49 heavy (non-hydrogen) atoms. The molecule has 0 aliphatic carbocycles. The number of carbonyl (C=O) groups is 2. The number of hydrogen-bond acceptors (Lipinski definition) is 6. The van der Waals surface area contributed by atoms with Crippen molar-refractivity contribution in [2.45, 2.75) is 187 Å². The molecule has 0 aromatic carbocycles. The van der Waals surface area contributed by atoms with Crippen LogP contribution in [-0.4, -0.2) is 85.6 Å². The first kappa shape index (κ1) is 46.6. The Labute approximate surface area is 312 Å². The SMILES string of the molecule is CCCCCCCCCCCCSSCCCC(=O)N(CCCN(C)C)C1(C(=O)NCC(CCCCCC)CCCCCCCC)COC1. The number of ether oxygens (including phenoxy) is 1. The number of rotatable bonds is 36. The van der Waals surface area contributed by atoms with Crippen molar-refractivity contribution in [1.82, 2.24) is 15.1 Å². The summed E-state index contributed by atoms with van der Waals surface area (Å²) in [6, 6.07) is 0. The minimum absolute atomic E-state index is 0.000110. The van der Waals surface area contributed by atoms with Crippen LogP contribution in [0.3, 0.4) is 0 Å². The fourth-order valence-corrected chi connectivity index (χ4v) is 9.07. The quantitative estimate of drug-likeness (QED) is 0.0512. The maximum atomic E-state index is 13.9. The van der Waals surface area contributed by atoms with Gasteiger partial charge in [0.2, 0.25) is 5.91 Å². The van der Waals surface area contributed by atoms with E-state index in [1.807, 2.05) is 26.5 Å². The highest BCUT2D eigenvalue weighted by atomic mass is 33.1. The predicted molar refractivity (Wildman–Crippen MR) is 218 cm³/mol. The number of amides is 2. The molecular formula is C41H81N3O3S2. The van der Waals surface area contributed by atoms with Crippen molar-refractivity contribution in [1.29, 1.82) is 0 Å². The van der Waals surface area contributed by atoms with Gasteiger partial charge in [-0.05, 0) is 58.7 Å². The largest absolute Gasteiger partial charge is 0.375 e. The van der Waals surface area contributed by atoms with Crippen LogP contribution < -0.4 is 5.32 Å². The van der Waals surface area contributed by atoms with Crippen molar-refractivity contribution in [3.8, 4) is 0 Å². The topological polar surface area (TPSA) is 61.9 Å². The van der Waals surface area contributed by atoms with Gasteiger partial charge < -0.3 is 19.9 Å². The summed E-state index contributed by atoms with van der Waals surface area (Å²) in [6.45, 7) is 9.66. The zero-order valence-corrected chi connectivity index (χ0v) is 34.8. The molecule has 1 saturated heterocycles. The standard InChI is InChI=1S/C41H81N3O3S2/c1-6-9-12-15-17-18-19-20-22-25-33-48-49-34-26-30-39(45)44(32-27-31-43(4)5)41(36-47-37-41)40(46)42-35-38(28-23-14-11-8-3)29-24-21-16-13-10-7-2/h38H,6-37H2,1-5H3,(H,42,46). The summed E-state index contributed by atoms with van der Waals surface area (Å²) in [5, 5.41) is 3.35. The summed E-state index contributed by atoms with van der Waals surface area (Å²) in [4.78, 5) is 31.7. The van der Waals surface area contributed by atoms with E-state index in [1.54, 1.807) is 0 Å². The van der Waals surface area contributed by atoms with Crippen LogP contribution in [0.15, 0.2) is 0 Å². The van der Waals surface area contributed by atoms with Crippen molar-refractivity contribution in [3.05, 3.63) is 0 Å². The highest BCUT2D eigenvalue weighted by Gasteiger charge is 2.52. The fraction of sp³-hybridized carbons (Fsp3) is 0.951. The number of carbonyl (C=O) groups excluding carboxylic acids is 2. The first-order valence-electron chi connectivity index (χ1n) is 21.0. The highest BCUT2D eigenvalue weighted by molar-refractivity contribution is 8.76. The monoisotopic (exact) mass is 728 g/mol. The van der Waals surface area contributed by atoms with E-state index in [1.165, 1.54) is 147 Å². The van der Waals surface area contributed by atoms with Crippen molar-refractivity contribution in [2.24, 2.45) is 5.92 Å². The van der Waals surface area contributed by atoms with Gasteiger partial charge in [-0.25, -0.2) is 0 Å². The Kier molecular flexibility index (Phi) is 30.6. The number of unbranched alkanes of at least 4 members (excludes halogenated alkanes) is 17. The molecule has 1 rings (SSSR count). The molecule has 2 amide bonds. The van der Waals surface area contributed by atoms with Crippen LogP contribution in [0.1, 0.15) is 181 Å². The molecule has 6 nitrogen and oxygen atoms in total. The zero-order chi connectivity index (χ0) is 35.8. The first-order chi connectivity index (χ1) is 23.9. The van der Waals surface area contributed by atoms with Crippen LogP contribution in [0.4, 0.5) is 0 Å². The molecule has 290 valence electrons. The molecule has 0 spiro atoms. The molecule has 0 aromatic rings. The predicted octanol–water partition coefficient (Wildman–Crippen LogP) is 11.1. The molecule has 1 aliphatic rings. The second-order valence-corrected chi connectivity index (χ2v) is 17.8. The highest BCUT2D eigenvalue weighted by Crippen LogP contribution is 2.29. The van der Waals surface area contributed by atoms with Gasteiger partial charge in [-0.15, -0.1) is 0 Å². The third-order valence-electron chi connectivity index (χ3n) is 10.2. The van der Waals surface area contributed by atoms with Gasteiger partial charge in [-0.1, -0.05) is 164 Å². The molecule has 1 fully saturated rings. The van der Waals surface area contributed by atoms with Crippen LogP contribution in [0.2, 0.25) is 0 Å². The van der Waals surface area contributed by atoms with Crippen LogP contribution in [0.25, 0.3) is 0 Å². The summed E-state index contributed by atoms with van der Waals surface area (Å²) >= 11 is 0. The number of hydrogen-bond donors (Lipinski definition) is 1. The van der Waals surface area contributed by atoms with E-state index in [0.717, 1.165) is 25.1 Å². The van der Waals surface area contributed by atoms with E-state index < -0.39 is 5.54 Å². The Morgan fingerprint density at radius 2 is 1.10 bits per heavy atom. The second-order valence-electron chi connectivity index (χ2n) is 15.1. The molecule has 1 atom stereocenters. The van der Waals surface area contributed by atoms with E-state index in [9.17, 15) is 9.59 Å². The smallest absolute Gasteiger partial charge is 0.250 e. The van der Waals surface area contributed by atoms with E-state index in [4.69, 9.17) is 4.74 Å². The molecule has 0 radical (unpaired) electrons. The van der Waals surface area contributed by atoms with E-state index in [0.29, 0.717) is 38.6 Å². The summed E-state index contributed by atoms with van der Waals surface area (Å²) in [6.07, 6.45) is 31.2. The lowest BCUT2D eigenvalue weighted by Gasteiger charge is -2.48. The summed E-state index contributed by atoms with van der Waals surface area (Å²) < 4.78 is 5.69. The zero-order valence-electron chi connectivity index (χ0n) is 33.1. The molecule has 1 N–H and O–H groups in total. The van der Waals surface area contributed by atoms with Crippen molar-refractivity contribution >= 4 is 33.4 Å². The van der Waals surface area contributed by atoms with Gasteiger partial charge in [-0.3, -0.25) is 9.59 Å². The Morgan fingerprint density at radius 1 is 0.633 bits per heavy atom. The average molecular weight is 728 g/mol. The van der Waals surface area contributed by atoms with Gasteiger partial charge in [0.05, 0.1) is 13.2 Å². The minimum Gasteiger partial charge on any atom is -0.375 e. The molecular weight excluding hydrogens is 647 g/mol. The van der Waals surface area contributed by atoms with Crippen LogP contribution in [-0.2, 0) is 14.3 Å². The molecule has 0 bridgehead atoms. The summed E-state index contributed by atoms with van der Waals surface area (Å²) in [5.41, 5.74) is -0.853. The van der Waals surface area contributed by atoms with Crippen LogP contribution >= 0.6 is 21.6 Å². The number of nitrogens with one attached hydrogen (secondary N) is 1. The average Bonchev–Trinajstić information content (AvgIpc) is 3.06. The minimum atomic E-state index is -0.853. The van der Waals surface area contributed by atoms with E-state index >= 15 is 0 Å². The first-order valence-corrected chi connectivity index (χ1v) is 23.5. The van der Waals surface area contributed by atoms with Crippen molar-refractivity contribution < 1.29 is 14.3 Å². The number of nitrogens with zero attached hydrogens (tertiary/aromatic N) is 2. The van der Waals surface area contributed by atoms with Crippen molar-refractivity contribution in [2.75, 3.05) is 58.4 Å². The second kappa shape index (κ2) is 32.2. The lowest BCUT2D eigenvalue weighted by molar-refractivity contribution is -0.180. The van der Waals surface area contributed by atoms with Gasteiger partial charge >= 0.3 is 0 Å². The Balaban J connectivity index is 2.54. The Hall–Kier alpha value is -0.440. The molecule has 1 unspecified atom stereocenters. The summed E-state index contributed by atoms with van der Waals surface area (Å²) in [5.74, 6) is 2.80. The van der Waals surface area contributed by atoms with Gasteiger partial charge in [0.1, 0.15) is 0 Å². The van der Waals surface area contributed by atoms with E-state index in [2.05, 4.69) is 45.1 Å². The third-order valence-corrected chi connectivity index (χ3v) is 12.8. The Morgan fingerprint density at radius 3 is 1.59 bits per heavy atom. The molecule has 1 aliphatic heterocycles. The van der Waals surface area contributed by atoms with Crippen LogP contribution in [0.5, 0.6) is 0 Å². The van der Waals surface area contributed by atoms with Crippen molar-refractivity contribution in [3.63, 3.8) is 0 Å². The third kappa shape index (κ3) is 23.0. The molecule has 0 saturated carbocycles. The van der Waals surface area contributed by atoms with Gasteiger partial charge in [0, 0.05) is 31.0 Å². The fourth-order valence-electron chi connectivity index (χ4n) is 6.83. The lowest BCUT2D eigenvalue weighted by Crippen LogP contribution is -2.71. The Bertz CT molecular complexity index is 781. The maximum absolute atomic E-state index is 13.9. The van der Waals surface area contributed by atoms with E-state index in [-0.39, 0.29) is 11.8 Å². The molecule has 1 heterocycles. The van der Waals surface area contributed by atoms with Gasteiger partial charge in [-0.2, -0.15) is 0 Å². The summed E-state index contributed by atoms with van der Waals surface area (Å²) in [7, 11) is 8.00. The molecule has 0 aromatic heterocycles. The van der Waals surface area contributed by atoms with Crippen LogP contribution in [0, 0.1) is 5.92 Å². The maximum Gasteiger partial charge on any atom is 0.250 e. The lowest BCUT2D eigenvalue weighted by atomic mass is 9.90. The van der Waals surface area contributed by atoms with Gasteiger partial charge in [0.15, 0.2) is 5.54 Å². The van der Waals surface area contributed by atoms with Gasteiger partial charge in [0.25, 0.3) is 5.91 Å². The molecule has 8 heteroatoms. The normalized spacial score (nSPS) is 14.6.